The highest BCUT2D eigenvalue weighted by Gasteiger charge is 2.31. The molecule has 0 spiro atoms. The fourth-order valence-corrected chi connectivity index (χ4v) is 2.75. The first kappa shape index (κ1) is 15.2. The average molecular weight is 290 g/mol. The van der Waals surface area contributed by atoms with Crippen molar-refractivity contribution in [3.05, 3.63) is 33.9 Å². The Morgan fingerprint density at radius 2 is 2.38 bits per heavy atom. The molecule has 1 saturated heterocycles. The molecule has 112 valence electrons. The van der Waals surface area contributed by atoms with Crippen LogP contribution in [0, 0.1) is 21.4 Å². The molecule has 0 saturated carbocycles. The fraction of sp³-hybridized carbons (Fsp3) is 0.500. The van der Waals surface area contributed by atoms with Gasteiger partial charge in [-0.3, -0.25) is 10.1 Å². The van der Waals surface area contributed by atoms with Gasteiger partial charge in [0.2, 0.25) is 0 Å². The van der Waals surface area contributed by atoms with Crippen LogP contribution in [0.25, 0.3) is 0 Å². The first-order valence-corrected chi connectivity index (χ1v) is 6.78. The van der Waals surface area contributed by atoms with Crippen LogP contribution in [0.5, 0.6) is 0 Å². The van der Waals surface area contributed by atoms with Gasteiger partial charge in [-0.25, -0.2) is 0 Å². The Balaban J connectivity index is 2.36. The van der Waals surface area contributed by atoms with E-state index in [9.17, 15) is 10.1 Å². The summed E-state index contributed by atoms with van der Waals surface area (Å²) in [5, 5.41) is 20.1. The Morgan fingerprint density at radius 1 is 1.62 bits per heavy atom. The summed E-state index contributed by atoms with van der Waals surface area (Å²) in [7, 11) is 1.66. The summed E-state index contributed by atoms with van der Waals surface area (Å²) in [6, 6.07) is 6.46. The van der Waals surface area contributed by atoms with E-state index in [4.69, 9.17) is 15.7 Å². The Bertz CT molecular complexity index is 570. The third-order valence-corrected chi connectivity index (χ3v) is 3.88. The van der Waals surface area contributed by atoms with E-state index in [1.54, 1.807) is 19.2 Å². The summed E-state index contributed by atoms with van der Waals surface area (Å²) in [5.74, 6) is 0. The molecule has 2 atom stereocenters. The van der Waals surface area contributed by atoms with Crippen molar-refractivity contribution in [2.24, 2.45) is 5.73 Å². The van der Waals surface area contributed by atoms with Gasteiger partial charge in [0, 0.05) is 32.3 Å². The largest absolute Gasteiger partial charge is 0.381 e. The molecule has 1 aromatic carbocycles. The van der Waals surface area contributed by atoms with Gasteiger partial charge in [0.15, 0.2) is 0 Å². The molecule has 21 heavy (non-hydrogen) atoms. The summed E-state index contributed by atoms with van der Waals surface area (Å²) < 4.78 is 5.36. The molecular formula is C14H18N4O3. The van der Waals surface area contributed by atoms with Crippen LogP contribution in [-0.2, 0) is 4.74 Å². The van der Waals surface area contributed by atoms with Crippen LogP contribution in [0.1, 0.15) is 18.4 Å². The molecule has 7 nitrogen and oxygen atoms in total. The number of rotatable bonds is 4. The van der Waals surface area contributed by atoms with E-state index in [0.29, 0.717) is 18.8 Å². The Kier molecular flexibility index (Phi) is 4.73. The molecule has 0 bridgehead atoms. The highest BCUT2D eigenvalue weighted by molar-refractivity contribution is 5.66. The minimum absolute atomic E-state index is 0.00432. The second kappa shape index (κ2) is 6.52. The highest BCUT2D eigenvalue weighted by Crippen LogP contribution is 2.33. The molecule has 1 aliphatic rings. The van der Waals surface area contributed by atoms with Crippen molar-refractivity contribution in [2.45, 2.75) is 25.0 Å². The average Bonchev–Trinajstić information content (AvgIpc) is 2.53. The molecule has 2 N–H and O–H groups in total. The number of ether oxygens (including phenoxy) is 1. The van der Waals surface area contributed by atoms with Crippen LogP contribution in [0.3, 0.4) is 0 Å². The molecule has 0 radical (unpaired) electrons. The lowest BCUT2D eigenvalue weighted by molar-refractivity contribution is -0.384. The summed E-state index contributed by atoms with van der Waals surface area (Å²) >= 11 is 0. The van der Waals surface area contributed by atoms with E-state index in [2.05, 4.69) is 0 Å². The molecular weight excluding hydrogens is 272 g/mol. The summed E-state index contributed by atoms with van der Waals surface area (Å²) in [6.45, 7) is 1.05. The summed E-state index contributed by atoms with van der Waals surface area (Å²) in [4.78, 5) is 12.8. The van der Waals surface area contributed by atoms with E-state index in [-0.39, 0.29) is 23.4 Å². The predicted octanol–water partition coefficient (Wildman–Crippen LogP) is 1.41. The van der Waals surface area contributed by atoms with Gasteiger partial charge in [0.25, 0.3) is 5.69 Å². The van der Waals surface area contributed by atoms with Crippen LogP contribution in [0.2, 0.25) is 0 Å². The lowest BCUT2D eigenvalue weighted by Crippen LogP contribution is -2.48. The third-order valence-electron chi connectivity index (χ3n) is 3.88. The molecule has 0 aromatic heterocycles. The van der Waals surface area contributed by atoms with Gasteiger partial charge in [0.1, 0.15) is 5.69 Å². The van der Waals surface area contributed by atoms with Crippen LogP contribution >= 0.6 is 0 Å². The molecule has 2 unspecified atom stereocenters. The van der Waals surface area contributed by atoms with Gasteiger partial charge in [0.05, 0.1) is 22.7 Å². The van der Waals surface area contributed by atoms with E-state index in [1.165, 1.54) is 6.07 Å². The first-order valence-electron chi connectivity index (χ1n) is 6.78. The van der Waals surface area contributed by atoms with Gasteiger partial charge < -0.3 is 15.4 Å². The zero-order valence-electron chi connectivity index (χ0n) is 11.9. The van der Waals surface area contributed by atoms with Crippen LogP contribution in [0.15, 0.2) is 18.2 Å². The van der Waals surface area contributed by atoms with Crippen LogP contribution < -0.4 is 10.6 Å². The van der Waals surface area contributed by atoms with Gasteiger partial charge in [-0.05, 0) is 25.0 Å². The van der Waals surface area contributed by atoms with E-state index >= 15 is 0 Å². The lowest BCUT2D eigenvalue weighted by Gasteiger charge is -2.39. The first-order chi connectivity index (χ1) is 10.1. The van der Waals surface area contributed by atoms with Crippen molar-refractivity contribution in [3.63, 3.8) is 0 Å². The van der Waals surface area contributed by atoms with Crippen molar-refractivity contribution < 1.29 is 9.66 Å². The van der Waals surface area contributed by atoms with Crippen molar-refractivity contribution in [1.29, 1.82) is 5.26 Å². The predicted molar refractivity (Wildman–Crippen MR) is 78.0 cm³/mol. The fourth-order valence-electron chi connectivity index (χ4n) is 2.75. The van der Waals surface area contributed by atoms with Crippen LogP contribution in [-0.4, -0.2) is 37.3 Å². The monoisotopic (exact) mass is 290 g/mol. The van der Waals surface area contributed by atoms with Gasteiger partial charge in [-0.15, -0.1) is 0 Å². The maximum atomic E-state index is 11.3. The number of nitro groups is 1. The maximum absolute atomic E-state index is 11.3. The molecule has 1 aliphatic heterocycles. The van der Waals surface area contributed by atoms with Crippen molar-refractivity contribution in [2.75, 3.05) is 25.1 Å². The van der Waals surface area contributed by atoms with Crippen molar-refractivity contribution in [1.82, 2.24) is 0 Å². The molecule has 1 aromatic rings. The zero-order chi connectivity index (χ0) is 15.4. The van der Waals surface area contributed by atoms with E-state index in [0.717, 1.165) is 12.8 Å². The smallest absolute Gasteiger partial charge is 0.293 e. The second-order valence-corrected chi connectivity index (χ2v) is 5.04. The number of benzene rings is 1. The number of nitriles is 1. The van der Waals surface area contributed by atoms with Crippen LogP contribution in [0.4, 0.5) is 11.4 Å². The molecule has 1 heterocycles. The second-order valence-electron chi connectivity index (χ2n) is 5.04. The number of nitrogens with two attached hydrogens (primary N) is 1. The van der Waals surface area contributed by atoms with Crippen molar-refractivity contribution >= 4 is 11.4 Å². The van der Waals surface area contributed by atoms with Gasteiger partial charge in [-0.1, -0.05) is 0 Å². The molecule has 0 aliphatic carbocycles. The normalized spacial score (nSPS) is 21.9. The minimum atomic E-state index is -0.452. The lowest BCUT2D eigenvalue weighted by atomic mass is 9.98. The standard InChI is InChI=1S/C14H18N4O3/c1-21-12-4-5-17(11(7-12)9-16)13-3-2-10(8-15)6-14(13)18(19)20/h2-3,6,11-12H,4-5,7,9,16H2,1H3. The van der Waals surface area contributed by atoms with Crippen molar-refractivity contribution in [3.8, 4) is 6.07 Å². The Labute approximate surface area is 123 Å². The number of piperidine rings is 1. The molecule has 1 fully saturated rings. The highest BCUT2D eigenvalue weighted by atomic mass is 16.6. The molecule has 7 heteroatoms. The number of hydrogen-bond acceptors (Lipinski definition) is 6. The van der Waals surface area contributed by atoms with Gasteiger partial charge in [-0.2, -0.15) is 5.26 Å². The molecule has 2 rings (SSSR count). The minimum Gasteiger partial charge on any atom is -0.381 e. The SMILES string of the molecule is COC1CCN(c2ccc(C#N)cc2[N+](=O)[O-])C(CN)C1. The van der Waals surface area contributed by atoms with E-state index < -0.39 is 4.92 Å². The summed E-state index contributed by atoms with van der Waals surface area (Å²) in [5.41, 5.74) is 6.56. The Morgan fingerprint density at radius 3 is 2.95 bits per heavy atom. The van der Waals surface area contributed by atoms with Gasteiger partial charge >= 0.3 is 0 Å². The number of nitro benzene ring substituents is 1. The number of nitrogens with zero attached hydrogens (tertiary/aromatic N) is 3. The number of methoxy groups -OCH3 is 1. The quantitative estimate of drug-likeness (QED) is 0.664. The maximum Gasteiger partial charge on any atom is 0.293 e. The molecule has 0 amide bonds. The zero-order valence-corrected chi connectivity index (χ0v) is 11.9. The Hall–Kier alpha value is -2.17. The third kappa shape index (κ3) is 3.12. The number of anilines is 1. The summed E-state index contributed by atoms with van der Waals surface area (Å²) in [6.07, 6.45) is 1.67. The topological polar surface area (TPSA) is 105 Å². The number of hydrogen-bond donors (Lipinski definition) is 1. The van der Waals surface area contributed by atoms with E-state index in [1.807, 2.05) is 11.0 Å².